The van der Waals surface area contributed by atoms with E-state index in [-0.39, 0.29) is 37.3 Å². The van der Waals surface area contributed by atoms with Gasteiger partial charge in [-0.15, -0.1) is 6.58 Å². The number of nitrogens with zero attached hydrogens (tertiary/aromatic N) is 2. The number of likely N-dealkylation sites (tertiary alicyclic amines) is 1. The Morgan fingerprint density at radius 2 is 1.50 bits per heavy atom. The third-order valence-corrected chi connectivity index (χ3v) is 14.4. The summed E-state index contributed by atoms with van der Waals surface area (Å²) in [6.07, 6.45) is 9.58. The van der Waals surface area contributed by atoms with E-state index >= 15 is 0 Å². The molecule has 3 N–H and O–H groups in total. The van der Waals surface area contributed by atoms with Crippen molar-refractivity contribution >= 4 is 39.5 Å². The first-order valence-corrected chi connectivity index (χ1v) is 21.8. The molecule has 14 heteroatoms. The number of allylic oxidation sites excluding steroid dienone is 1. The highest BCUT2D eigenvalue weighted by molar-refractivity contribution is 7.91. The van der Waals surface area contributed by atoms with Crippen LogP contribution in [0.2, 0.25) is 0 Å². The van der Waals surface area contributed by atoms with Crippen molar-refractivity contribution < 1.29 is 37.2 Å². The third-order valence-electron chi connectivity index (χ3n) is 12.5. The molecule has 5 atom stereocenters. The van der Waals surface area contributed by atoms with Crippen molar-refractivity contribution in [2.45, 2.75) is 125 Å². The van der Waals surface area contributed by atoms with Crippen molar-refractivity contribution in [2.75, 3.05) is 6.54 Å². The number of nitrogens with one attached hydrogen (secondary N) is 3. The fraction of sp³-hybridized carbons (Fsp3) is 0.548. The van der Waals surface area contributed by atoms with Gasteiger partial charge >= 0.3 is 6.09 Å². The summed E-state index contributed by atoms with van der Waals surface area (Å²) in [7, 11) is -3.89. The fourth-order valence-electron chi connectivity index (χ4n) is 9.22. The second-order valence-corrected chi connectivity index (χ2v) is 18.4. The number of carbonyl (C=O) groups excluding carboxylic acids is 4. The molecule has 1 aliphatic heterocycles. The average Bonchev–Trinajstić information content (AvgIpc) is 4.02. The van der Waals surface area contributed by atoms with Gasteiger partial charge in [-0.2, -0.15) is 0 Å². The van der Waals surface area contributed by atoms with Gasteiger partial charge in [0, 0.05) is 17.5 Å². The lowest BCUT2D eigenvalue weighted by molar-refractivity contribution is -0.142. The number of benzene rings is 2. The molecule has 56 heavy (non-hydrogen) atoms. The van der Waals surface area contributed by atoms with Crippen LogP contribution in [0.15, 0.2) is 66.3 Å². The molecule has 1 heterocycles. The van der Waals surface area contributed by atoms with Crippen molar-refractivity contribution in [3.63, 3.8) is 0 Å². The summed E-state index contributed by atoms with van der Waals surface area (Å²) in [5.74, 6) is -2.34. The molecule has 298 valence electrons. The number of ether oxygens (including phenoxy) is 1. The number of carbonyl (C=O) groups is 4. The molecule has 0 unspecified atom stereocenters. The lowest BCUT2D eigenvalue weighted by Crippen LogP contribution is -2.59. The zero-order valence-corrected chi connectivity index (χ0v) is 32.4. The monoisotopic (exact) mass is 785 g/mol. The molecule has 0 bridgehead atoms. The van der Waals surface area contributed by atoms with E-state index in [1.54, 1.807) is 6.08 Å². The number of fused-ring (bicyclic) bond motifs is 3. The second kappa shape index (κ2) is 15.7. The molecule has 5 fully saturated rings. The van der Waals surface area contributed by atoms with E-state index in [0.717, 1.165) is 80.0 Å². The second-order valence-electron chi connectivity index (χ2n) is 16.4. The van der Waals surface area contributed by atoms with Gasteiger partial charge in [0.15, 0.2) is 0 Å². The van der Waals surface area contributed by atoms with Crippen LogP contribution in [0, 0.1) is 11.8 Å². The molecular weight excluding hydrogens is 735 g/mol. The van der Waals surface area contributed by atoms with Gasteiger partial charge in [0.25, 0.3) is 5.91 Å². The summed E-state index contributed by atoms with van der Waals surface area (Å²) >= 11 is 0. The zero-order valence-electron chi connectivity index (χ0n) is 31.6. The predicted molar refractivity (Wildman–Crippen MR) is 209 cm³/mol. The molecule has 1 saturated heterocycles. The van der Waals surface area contributed by atoms with Crippen molar-refractivity contribution in [2.24, 2.45) is 17.0 Å². The minimum atomic E-state index is -3.89. The largest absolute Gasteiger partial charge is 0.446 e. The third kappa shape index (κ3) is 7.68. The molecule has 0 spiro atoms. The molecule has 5 aliphatic carbocycles. The molecule has 2 aromatic carbocycles. The molecule has 4 saturated carbocycles. The number of sulfonamides is 1. The molecule has 2 aromatic rings. The van der Waals surface area contributed by atoms with Crippen LogP contribution in [-0.2, 0) is 34.0 Å². The van der Waals surface area contributed by atoms with Gasteiger partial charge in [-0.1, -0.05) is 79.0 Å². The quantitative estimate of drug-likeness (QED) is 0.159. The molecule has 0 aromatic heterocycles. The maximum Gasteiger partial charge on any atom is 0.408 e. The first-order chi connectivity index (χ1) is 27.1. The number of oxime groups is 1. The van der Waals surface area contributed by atoms with E-state index < -0.39 is 62.8 Å². The van der Waals surface area contributed by atoms with Gasteiger partial charge in [0.05, 0.1) is 11.8 Å². The number of amides is 4. The smallest absolute Gasteiger partial charge is 0.408 e. The van der Waals surface area contributed by atoms with Gasteiger partial charge in [0.2, 0.25) is 21.8 Å². The van der Waals surface area contributed by atoms with Crippen LogP contribution in [0.4, 0.5) is 4.79 Å². The summed E-state index contributed by atoms with van der Waals surface area (Å²) in [5.41, 5.74) is 3.05. The Morgan fingerprint density at radius 3 is 2.12 bits per heavy atom. The molecule has 0 radical (unpaired) electrons. The van der Waals surface area contributed by atoms with E-state index in [2.05, 4.69) is 27.1 Å². The van der Waals surface area contributed by atoms with Crippen LogP contribution < -0.4 is 15.4 Å². The Morgan fingerprint density at radius 1 is 0.875 bits per heavy atom. The van der Waals surface area contributed by atoms with E-state index in [9.17, 15) is 27.6 Å². The van der Waals surface area contributed by atoms with E-state index in [1.165, 1.54) is 4.90 Å². The average molecular weight is 786 g/mol. The summed E-state index contributed by atoms with van der Waals surface area (Å²) < 4.78 is 33.6. The van der Waals surface area contributed by atoms with Gasteiger partial charge in [-0.3, -0.25) is 19.1 Å². The van der Waals surface area contributed by atoms with Crippen molar-refractivity contribution in [1.82, 2.24) is 20.3 Å². The molecular formula is C42H51N5O8S. The molecule has 13 nitrogen and oxygen atoms in total. The van der Waals surface area contributed by atoms with Gasteiger partial charge in [-0.05, 0) is 87.2 Å². The summed E-state index contributed by atoms with van der Waals surface area (Å²) in [4.78, 5) is 64.0. The van der Waals surface area contributed by atoms with Crippen molar-refractivity contribution in [3.8, 4) is 11.1 Å². The highest BCUT2D eigenvalue weighted by atomic mass is 32.2. The van der Waals surface area contributed by atoms with Crippen molar-refractivity contribution in [3.05, 3.63) is 72.3 Å². The summed E-state index contributed by atoms with van der Waals surface area (Å²) in [6.45, 7) is 3.80. The topological polar surface area (TPSA) is 173 Å². The molecule has 6 aliphatic rings. The predicted octanol–water partition coefficient (Wildman–Crippen LogP) is 5.08. The number of alkyl carbamates (subject to hydrolysis) is 1. The van der Waals surface area contributed by atoms with Crippen LogP contribution in [0.5, 0.6) is 0 Å². The maximum absolute atomic E-state index is 14.8. The van der Waals surface area contributed by atoms with Crippen molar-refractivity contribution in [1.29, 1.82) is 0 Å². The lowest BCUT2D eigenvalue weighted by atomic mass is 9.83. The van der Waals surface area contributed by atoms with Gasteiger partial charge < -0.3 is 25.1 Å². The highest BCUT2D eigenvalue weighted by Gasteiger charge is 2.62. The van der Waals surface area contributed by atoms with Crippen LogP contribution in [0.1, 0.15) is 101 Å². The Hall–Kier alpha value is -4.72. The fourth-order valence-corrected chi connectivity index (χ4v) is 10.6. The Labute approximate surface area is 328 Å². The number of hydrogen-bond acceptors (Lipinski definition) is 9. The summed E-state index contributed by atoms with van der Waals surface area (Å²) in [5, 5.41) is 9.84. The van der Waals surface area contributed by atoms with Crippen LogP contribution in [0.25, 0.3) is 11.1 Å². The lowest BCUT2D eigenvalue weighted by Gasteiger charge is -2.34. The minimum Gasteiger partial charge on any atom is -0.446 e. The normalized spacial score (nSPS) is 26.4. The number of rotatable bonds is 13. The highest BCUT2D eigenvalue weighted by Crippen LogP contribution is 2.47. The SMILES string of the molecule is C=CC[C@@H]1C[C@]1(NC(=O)[C@@H]1C[C@@H](ON=C2c3ccccc3-c3ccccc32)CN1C(=O)[C@@H](NC(=O)OC1CCCC1)C1CCCCC1)C(=O)NS(=O)(=O)C1CC1. The van der Waals surface area contributed by atoms with Crippen LogP contribution in [-0.4, -0.2) is 84.5 Å². The van der Waals surface area contributed by atoms with Crippen LogP contribution >= 0.6 is 0 Å². The maximum atomic E-state index is 14.8. The van der Waals surface area contributed by atoms with Gasteiger partial charge in [0.1, 0.15) is 35.5 Å². The van der Waals surface area contributed by atoms with Gasteiger partial charge in [-0.25, -0.2) is 13.2 Å². The Balaban J connectivity index is 1.07. The molecule has 8 rings (SSSR count). The first-order valence-electron chi connectivity index (χ1n) is 20.3. The van der Waals surface area contributed by atoms with E-state index in [1.807, 2.05) is 48.5 Å². The standard InChI is InChI=1S/C42H51N5O8S/c1-2-12-27-24-42(27,40(50)46-56(52,53)30-21-22-30)44-38(48)35-23-29(55-45-37-33-19-10-8-17-31(33)32-18-9-11-20-34(32)37)25-47(35)39(49)36(26-13-4-3-5-14-26)43-41(51)54-28-15-6-7-16-28/h2,8-11,17-20,26-30,35-36H,1,3-7,12-16,21-25H2,(H,43,51)(H,44,48)(H,46,50)/t27-,29-,35+,36+,42-/m1/s1. The molecule has 4 amide bonds. The van der Waals surface area contributed by atoms with Crippen LogP contribution in [0.3, 0.4) is 0 Å². The first kappa shape index (κ1) is 38.2. The summed E-state index contributed by atoms with van der Waals surface area (Å²) in [6, 6.07) is 13.8. The minimum absolute atomic E-state index is 0.00487. The Bertz CT molecular complexity index is 1970. The zero-order chi connectivity index (χ0) is 39.0. The number of hydrogen-bond donors (Lipinski definition) is 3. The van der Waals surface area contributed by atoms with E-state index in [4.69, 9.17) is 9.57 Å². The van der Waals surface area contributed by atoms with E-state index in [0.29, 0.717) is 25.0 Å². The Kier molecular flexibility index (Phi) is 10.7.